The minimum atomic E-state index is -0.329. The Morgan fingerprint density at radius 1 is 1.48 bits per heavy atom. The number of aromatic amines is 1. The second-order valence-corrected chi connectivity index (χ2v) is 6.26. The molecule has 0 aliphatic carbocycles. The van der Waals surface area contributed by atoms with E-state index in [0.29, 0.717) is 17.3 Å². The molecule has 0 radical (unpaired) electrons. The molecular weight excluding hydrogens is 337 g/mol. The summed E-state index contributed by atoms with van der Waals surface area (Å²) in [5.41, 5.74) is 6.49. The van der Waals surface area contributed by atoms with Crippen LogP contribution < -0.4 is 10.6 Å². The minimum Gasteiger partial charge on any atom is -0.335 e. The lowest BCUT2D eigenvalue weighted by Crippen LogP contribution is -2.50. The quantitative estimate of drug-likeness (QED) is 0.870. The molecule has 112 valence electrons. The molecule has 2 aromatic rings. The lowest BCUT2D eigenvalue weighted by Gasteiger charge is -2.36. The molecule has 0 bridgehead atoms. The van der Waals surface area contributed by atoms with Crippen LogP contribution in [0, 0.1) is 5.82 Å². The molecule has 1 aliphatic heterocycles. The molecule has 2 heterocycles. The van der Waals surface area contributed by atoms with Crippen molar-refractivity contribution in [3.63, 3.8) is 0 Å². The topological polar surface area (TPSA) is 70.8 Å². The second kappa shape index (κ2) is 5.73. The van der Waals surface area contributed by atoms with Crippen molar-refractivity contribution in [1.29, 1.82) is 0 Å². The molecule has 1 aromatic heterocycles. The number of rotatable bonds is 2. The Morgan fingerprint density at radius 3 is 3.10 bits per heavy atom. The van der Waals surface area contributed by atoms with Gasteiger partial charge in [-0.2, -0.15) is 4.98 Å². The van der Waals surface area contributed by atoms with E-state index in [1.165, 1.54) is 6.07 Å². The SMILES string of the molecule is CC1C(N)CCCN1c1n[nH]c(-c2cc(Br)ccc2F)n1. The van der Waals surface area contributed by atoms with Gasteiger partial charge >= 0.3 is 0 Å². The van der Waals surface area contributed by atoms with Gasteiger partial charge in [-0.1, -0.05) is 15.9 Å². The van der Waals surface area contributed by atoms with Crippen LogP contribution in [-0.4, -0.2) is 33.8 Å². The fraction of sp³-hybridized carbons (Fsp3) is 0.429. The zero-order chi connectivity index (χ0) is 15.0. The number of hydrogen-bond donors (Lipinski definition) is 2. The third-order valence-electron chi connectivity index (χ3n) is 3.96. The summed E-state index contributed by atoms with van der Waals surface area (Å²) in [6.45, 7) is 2.94. The molecule has 2 atom stereocenters. The number of aromatic nitrogens is 3. The largest absolute Gasteiger partial charge is 0.335 e. The van der Waals surface area contributed by atoms with Crippen molar-refractivity contribution >= 4 is 21.9 Å². The van der Waals surface area contributed by atoms with Crippen LogP contribution in [0.5, 0.6) is 0 Å². The summed E-state index contributed by atoms with van der Waals surface area (Å²) >= 11 is 3.34. The van der Waals surface area contributed by atoms with Crippen molar-refractivity contribution in [1.82, 2.24) is 15.2 Å². The number of nitrogens with zero attached hydrogens (tertiary/aromatic N) is 3. The van der Waals surface area contributed by atoms with Gasteiger partial charge < -0.3 is 10.6 Å². The average Bonchev–Trinajstić information content (AvgIpc) is 2.94. The number of nitrogens with one attached hydrogen (secondary N) is 1. The Balaban J connectivity index is 1.91. The van der Waals surface area contributed by atoms with Crippen LogP contribution >= 0.6 is 15.9 Å². The molecule has 1 aliphatic rings. The van der Waals surface area contributed by atoms with Crippen LogP contribution in [0.2, 0.25) is 0 Å². The van der Waals surface area contributed by atoms with Gasteiger partial charge in [0.25, 0.3) is 0 Å². The highest BCUT2D eigenvalue weighted by Crippen LogP contribution is 2.26. The zero-order valence-corrected chi connectivity index (χ0v) is 13.3. The third-order valence-corrected chi connectivity index (χ3v) is 4.45. The summed E-state index contributed by atoms with van der Waals surface area (Å²) < 4.78 is 14.7. The van der Waals surface area contributed by atoms with Gasteiger partial charge in [0, 0.05) is 23.1 Å². The van der Waals surface area contributed by atoms with Crippen molar-refractivity contribution in [2.24, 2.45) is 5.73 Å². The summed E-state index contributed by atoms with van der Waals surface area (Å²) in [5, 5.41) is 7.04. The number of nitrogens with two attached hydrogens (primary N) is 1. The van der Waals surface area contributed by atoms with Gasteiger partial charge in [0.05, 0.1) is 5.56 Å². The van der Waals surface area contributed by atoms with Gasteiger partial charge in [-0.25, -0.2) is 4.39 Å². The summed E-state index contributed by atoms with van der Waals surface area (Å²) in [5.74, 6) is 0.673. The highest BCUT2D eigenvalue weighted by atomic mass is 79.9. The van der Waals surface area contributed by atoms with E-state index in [-0.39, 0.29) is 17.9 Å². The van der Waals surface area contributed by atoms with Gasteiger partial charge in [-0.15, -0.1) is 5.10 Å². The Morgan fingerprint density at radius 2 is 2.29 bits per heavy atom. The molecule has 1 aromatic carbocycles. The van der Waals surface area contributed by atoms with Crippen molar-refractivity contribution in [2.45, 2.75) is 31.8 Å². The Bertz CT molecular complexity index is 644. The molecule has 1 saturated heterocycles. The van der Waals surface area contributed by atoms with E-state index in [9.17, 15) is 4.39 Å². The van der Waals surface area contributed by atoms with E-state index >= 15 is 0 Å². The zero-order valence-electron chi connectivity index (χ0n) is 11.7. The maximum atomic E-state index is 13.9. The molecule has 21 heavy (non-hydrogen) atoms. The fourth-order valence-corrected chi connectivity index (χ4v) is 3.00. The summed E-state index contributed by atoms with van der Waals surface area (Å²) in [6, 6.07) is 5.03. The molecule has 0 amide bonds. The molecule has 3 N–H and O–H groups in total. The molecule has 3 rings (SSSR count). The third kappa shape index (κ3) is 2.80. The van der Waals surface area contributed by atoms with Crippen LogP contribution in [0.25, 0.3) is 11.4 Å². The van der Waals surface area contributed by atoms with Gasteiger partial charge in [0.2, 0.25) is 5.95 Å². The van der Waals surface area contributed by atoms with Gasteiger partial charge in [0.1, 0.15) is 5.82 Å². The predicted molar refractivity (Wildman–Crippen MR) is 83.5 cm³/mol. The Kier molecular flexibility index (Phi) is 3.95. The van der Waals surface area contributed by atoms with Crippen LogP contribution in [0.1, 0.15) is 19.8 Å². The lowest BCUT2D eigenvalue weighted by atomic mass is 9.99. The van der Waals surface area contributed by atoms with Crippen molar-refractivity contribution < 1.29 is 4.39 Å². The maximum absolute atomic E-state index is 13.9. The van der Waals surface area contributed by atoms with E-state index in [2.05, 4.69) is 42.9 Å². The smallest absolute Gasteiger partial charge is 0.245 e. The molecule has 0 spiro atoms. The normalized spacial score (nSPS) is 22.6. The number of H-pyrrole nitrogens is 1. The molecule has 0 saturated carbocycles. The lowest BCUT2D eigenvalue weighted by molar-refractivity contribution is 0.416. The monoisotopic (exact) mass is 353 g/mol. The van der Waals surface area contributed by atoms with E-state index in [0.717, 1.165) is 23.9 Å². The second-order valence-electron chi connectivity index (χ2n) is 5.35. The van der Waals surface area contributed by atoms with Crippen molar-refractivity contribution in [2.75, 3.05) is 11.4 Å². The molecule has 2 unspecified atom stereocenters. The highest BCUT2D eigenvalue weighted by molar-refractivity contribution is 9.10. The minimum absolute atomic E-state index is 0.114. The van der Waals surface area contributed by atoms with Crippen LogP contribution in [0.4, 0.5) is 10.3 Å². The van der Waals surface area contributed by atoms with Crippen LogP contribution in [-0.2, 0) is 0 Å². The first kappa shape index (κ1) is 14.5. The first-order chi connectivity index (χ1) is 10.1. The van der Waals surface area contributed by atoms with E-state index in [4.69, 9.17) is 5.73 Å². The standard InChI is InChI=1S/C14H17BrFN5/c1-8-12(17)3-2-6-21(8)14-18-13(19-20-14)10-7-9(15)4-5-11(10)16/h4-5,7-8,12H,2-3,6,17H2,1H3,(H,18,19,20). The number of benzene rings is 1. The summed E-state index contributed by atoms with van der Waals surface area (Å²) in [7, 11) is 0. The number of halogens is 2. The van der Waals surface area contributed by atoms with E-state index in [1.54, 1.807) is 12.1 Å². The van der Waals surface area contributed by atoms with Crippen LogP contribution in [0.3, 0.4) is 0 Å². The predicted octanol–water partition coefficient (Wildman–Crippen LogP) is 2.69. The Hall–Kier alpha value is -1.47. The van der Waals surface area contributed by atoms with Crippen LogP contribution in [0.15, 0.2) is 22.7 Å². The summed E-state index contributed by atoms with van der Waals surface area (Å²) in [4.78, 5) is 6.51. The van der Waals surface area contributed by atoms with E-state index in [1.807, 2.05) is 0 Å². The fourth-order valence-electron chi connectivity index (χ4n) is 2.64. The maximum Gasteiger partial charge on any atom is 0.245 e. The first-order valence-corrected chi connectivity index (χ1v) is 7.75. The first-order valence-electron chi connectivity index (χ1n) is 6.96. The number of hydrogen-bond acceptors (Lipinski definition) is 4. The van der Waals surface area contributed by atoms with Crippen molar-refractivity contribution in [3.8, 4) is 11.4 Å². The van der Waals surface area contributed by atoms with Gasteiger partial charge in [-0.3, -0.25) is 5.10 Å². The average molecular weight is 354 g/mol. The molecule has 5 nitrogen and oxygen atoms in total. The molecular formula is C14H17BrFN5. The summed E-state index contributed by atoms with van der Waals surface area (Å²) in [6.07, 6.45) is 2.02. The molecule has 7 heteroatoms. The number of piperidine rings is 1. The Labute approximate surface area is 130 Å². The number of anilines is 1. The van der Waals surface area contributed by atoms with Gasteiger partial charge in [-0.05, 0) is 38.0 Å². The van der Waals surface area contributed by atoms with E-state index < -0.39 is 0 Å². The van der Waals surface area contributed by atoms with Crippen molar-refractivity contribution in [3.05, 3.63) is 28.5 Å². The van der Waals surface area contributed by atoms with Gasteiger partial charge in [0.15, 0.2) is 5.82 Å². The highest BCUT2D eigenvalue weighted by Gasteiger charge is 2.28. The molecule has 1 fully saturated rings.